The first-order valence-electron chi connectivity index (χ1n) is 36.8. The lowest BCUT2D eigenvalue weighted by atomic mass is 9.84. The highest BCUT2D eigenvalue weighted by Gasteiger charge is 2.20. The largest absolute Gasteiger partial charge is 0.378 e. The first kappa shape index (κ1) is 90.3. The molecule has 10 unspecified atom stereocenters. The van der Waals surface area contributed by atoms with Crippen molar-refractivity contribution in [3.63, 3.8) is 0 Å². The molecule has 11 aliphatic rings. The normalized spacial score (nSPS) is 37.5. The molecule has 11 rings (SSSR count). The Morgan fingerprint density at radius 3 is 0.831 bits per heavy atom. The van der Waals surface area contributed by atoms with Crippen molar-refractivity contribution in [2.24, 2.45) is 76.9 Å². The van der Waals surface area contributed by atoms with Gasteiger partial charge in [-0.25, -0.2) is 0 Å². The topological polar surface area (TPSA) is 64.6 Å². The molecule has 10 atom stereocenters. The van der Waals surface area contributed by atoms with Crippen LogP contribution in [0.5, 0.6) is 0 Å². The zero-order valence-corrected chi connectivity index (χ0v) is 68.1. The van der Waals surface area contributed by atoms with Crippen molar-refractivity contribution < 1.29 is 34.6 Å². The maximum atomic E-state index is 5.39. The zero-order valence-electron chi connectivity index (χ0n) is 62.5. The van der Waals surface area contributed by atoms with Crippen molar-refractivity contribution in [2.45, 2.75) is 321 Å². The molecule has 12 heteroatoms. The minimum absolute atomic E-state index is 0. The van der Waals surface area contributed by atoms with Crippen LogP contribution in [0.4, 0.5) is 0 Å². The van der Waals surface area contributed by atoms with Crippen molar-refractivity contribution in [1.82, 2.24) is 0 Å². The van der Waals surface area contributed by atoms with E-state index >= 15 is 0 Å². The summed E-state index contributed by atoms with van der Waals surface area (Å²) in [5.74, 6) is 16.8. The Bertz CT molecular complexity index is 1210. The Morgan fingerprint density at radius 2 is 0.607 bits per heavy atom. The van der Waals surface area contributed by atoms with E-state index in [1.165, 1.54) is 151 Å². The molecule has 9 fully saturated rings. The number of halogens is 1. The summed E-state index contributed by atoms with van der Waals surface area (Å²) in [4.78, 5) is 0. The molecule has 7 nitrogen and oxygen atoms in total. The summed E-state index contributed by atoms with van der Waals surface area (Å²) in [6.45, 7) is 55.3. The van der Waals surface area contributed by atoms with Crippen LogP contribution in [0.1, 0.15) is 282 Å². The average Bonchev–Trinajstić information content (AvgIpc) is 3.52. The molecule has 89 heavy (non-hydrogen) atoms. The molecule has 534 valence electrons. The van der Waals surface area contributed by atoms with Gasteiger partial charge >= 0.3 is 0 Å². The molecular formula is C77H153IO7S4. The molecule has 0 aromatic carbocycles. The number of hydrogen-bond donors (Lipinski definition) is 0. The van der Waals surface area contributed by atoms with Gasteiger partial charge in [0.25, 0.3) is 0 Å². The molecule has 0 N–H and O–H groups in total. The second-order valence-corrected chi connectivity index (χ2v) is 36.3. The fourth-order valence-corrected chi connectivity index (χ4v) is 15.3. The highest BCUT2D eigenvalue weighted by Crippen LogP contribution is 2.33. The van der Waals surface area contributed by atoms with Crippen LogP contribution in [-0.2, 0) is 33.2 Å². The number of thioether (sulfide) groups is 4. The van der Waals surface area contributed by atoms with Gasteiger partial charge in [-0.2, -0.15) is 11.8 Å². The van der Waals surface area contributed by atoms with Crippen LogP contribution in [0.3, 0.4) is 0 Å². The van der Waals surface area contributed by atoms with Gasteiger partial charge in [-0.05, 0) is 215 Å². The molecule has 2 saturated carbocycles. The smallest absolute Gasteiger partial charge is 0.154 e. The van der Waals surface area contributed by atoms with Gasteiger partial charge in [0, 0.05) is 42.1 Å². The number of hydrogen-bond acceptors (Lipinski definition) is 11. The van der Waals surface area contributed by atoms with Crippen LogP contribution in [-0.4, -0.2) is 109 Å². The quantitative estimate of drug-likeness (QED) is 0.172. The van der Waals surface area contributed by atoms with Gasteiger partial charge < -0.3 is 33.2 Å². The molecule has 7 saturated heterocycles. The average molecular weight is 1450 g/mol. The maximum Gasteiger partial charge on any atom is 0.154 e. The zero-order chi connectivity index (χ0) is 65.8. The van der Waals surface area contributed by atoms with Gasteiger partial charge in [0.1, 0.15) is 0 Å². The fraction of sp³-hybridized carbons (Fsp3) is 0.948. The minimum atomic E-state index is 0. The summed E-state index contributed by atoms with van der Waals surface area (Å²) in [6, 6.07) is 0. The molecular weight excluding hydrogens is 1290 g/mol. The summed E-state index contributed by atoms with van der Waals surface area (Å²) in [5.41, 5.74) is 3.61. The lowest BCUT2D eigenvalue weighted by molar-refractivity contribution is -0.187. The summed E-state index contributed by atoms with van der Waals surface area (Å²) in [7, 11) is 0. The molecule has 0 aromatic rings. The van der Waals surface area contributed by atoms with Crippen LogP contribution in [0.25, 0.3) is 0 Å². The van der Waals surface area contributed by atoms with Crippen LogP contribution in [0.15, 0.2) is 23.3 Å². The fourth-order valence-electron chi connectivity index (χ4n) is 10.9. The van der Waals surface area contributed by atoms with Gasteiger partial charge in [0.15, 0.2) is 12.6 Å². The van der Waals surface area contributed by atoms with E-state index in [4.69, 9.17) is 33.2 Å². The highest BCUT2D eigenvalue weighted by molar-refractivity contribution is 14.0. The van der Waals surface area contributed by atoms with Crippen LogP contribution in [0, 0.1) is 76.9 Å². The van der Waals surface area contributed by atoms with Gasteiger partial charge in [0.05, 0.1) is 50.7 Å². The Labute approximate surface area is 591 Å². The second-order valence-electron chi connectivity index (χ2n) is 30.4. The van der Waals surface area contributed by atoms with Gasteiger partial charge in [0.2, 0.25) is 0 Å². The summed E-state index contributed by atoms with van der Waals surface area (Å²) < 4.78 is 37.7. The van der Waals surface area contributed by atoms with Crippen molar-refractivity contribution in [1.29, 1.82) is 0 Å². The molecule has 0 spiro atoms. The predicted molar refractivity (Wildman–Crippen MR) is 414 cm³/mol. The number of ether oxygens (including phenoxy) is 7. The maximum absolute atomic E-state index is 5.39. The molecule has 0 aromatic heterocycles. The van der Waals surface area contributed by atoms with E-state index < -0.39 is 0 Å². The lowest BCUT2D eigenvalue weighted by Gasteiger charge is -2.24. The Balaban J connectivity index is 0. The summed E-state index contributed by atoms with van der Waals surface area (Å²) in [5, 5.41) is 0.936. The van der Waals surface area contributed by atoms with Crippen LogP contribution in [0.2, 0.25) is 0 Å². The van der Waals surface area contributed by atoms with Gasteiger partial charge in [-0.1, -0.05) is 172 Å². The molecule has 0 amide bonds. The molecule has 7 aliphatic heterocycles. The Kier molecular flexibility index (Phi) is 57.1. The van der Waals surface area contributed by atoms with Gasteiger partial charge in [-0.3, -0.25) is 0 Å². The molecule has 4 aliphatic carbocycles. The second kappa shape index (κ2) is 56.2. The van der Waals surface area contributed by atoms with Crippen LogP contribution < -0.4 is 0 Å². The van der Waals surface area contributed by atoms with Gasteiger partial charge in [-0.15, -0.1) is 59.3 Å². The first-order valence-corrected chi connectivity index (χ1v) is 41.0. The third kappa shape index (κ3) is 55.0. The SMILES string of the molecule is CC1=CCC(C)CC1.CC1=CCC(C)CC1.CC1CCC(C)CC1.CC1CCC(C)CC1.CC1CCC(C)OC1.CC1CCC(C)OC1.CC1CCC(C)SC1.CC1COC(C)OC1.CC1COC(C)OC1.CC1COC(C)SC1.CC1CSC(C)SC1.I.[HH]. The van der Waals surface area contributed by atoms with E-state index in [1.807, 2.05) is 25.6 Å². The summed E-state index contributed by atoms with van der Waals surface area (Å²) >= 11 is 8.21. The van der Waals surface area contributed by atoms with E-state index in [2.05, 4.69) is 186 Å². The monoisotopic (exact) mass is 1440 g/mol. The van der Waals surface area contributed by atoms with Crippen LogP contribution >= 0.6 is 71.0 Å². The van der Waals surface area contributed by atoms with E-state index in [-0.39, 0.29) is 38.0 Å². The Morgan fingerprint density at radius 1 is 0.292 bits per heavy atom. The van der Waals surface area contributed by atoms with Crippen molar-refractivity contribution >= 4 is 71.0 Å². The van der Waals surface area contributed by atoms with Crippen molar-refractivity contribution in [2.75, 3.05) is 69.3 Å². The standard InChI is InChI=1S/2C8H16.2C8H14.2C7H14O.C7H14S.2C6H12O2.C6H12OS.C6H12S2.HI.H2/c4*1-7-3-5-8(2)6-4-7;3*1-6-3-4-7(2)8-5-6;4*1-5-3-7-6(2)8-4-5;;/h2*7-8H,3-6H2,1-2H3;2*3,8H,4-6H2,1-2H3;3*6-7H,3-5H2,1-2H3;4*5-6H,3-4H2,1-2H3;2*1H. The molecule has 0 bridgehead atoms. The minimum Gasteiger partial charge on any atom is -0.378 e. The van der Waals surface area contributed by atoms with Crippen molar-refractivity contribution in [3.05, 3.63) is 23.3 Å². The predicted octanol–water partition coefficient (Wildman–Crippen LogP) is 24.4. The lowest BCUT2D eigenvalue weighted by Crippen LogP contribution is -2.27. The van der Waals surface area contributed by atoms with E-state index in [0.29, 0.717) is 29.5 Å². The van der Waals surface area contributed by atoms with Crippen molar-refractivity contribution in [3.8, 4) is 0 Å². The highest BCUT2D eigenvalue weighted by atomic mass is 127. The number of allylic oxidation sites excluding steroid dienone is 4. The third-order valence-corrected chi connectivity index (χ3v) is 24.7. The summed E-state index contributed by atoms with van der Waals surface area (Å²) in [6.07, 6.45) is 33.8. The van der Waals surface area contributed by atoms with E-state index in [1.54, 1.807) is 11.1 Å². The third-order valence-electron chi connectivity index (χ3n) is 18.5. The molecule has 0 radical (unpaired) electrons. The Hall–Kier alpha value is 1.33. The number of rotatable bonds is 0. The molecule has 7 heterocycles. The first-order chi connectivity index (χ1) is 41.7. The van der Waals surface area contributed by atoms with E-state index in [0.717, 1.165) is 121 Å². The van der Waals surface area contributed by atoms with E-state index in [9.17, 15) is 0 Å².